The number of hydrogen-bond donors (Lipinski definition) is 2. The van der Waals surface area contributed by atoms with Crippen molar-refractivity contribution in [1.29, 1.82) is 0 Å². The number of rotatable bonds is 6. The Balaban J connectivity index is 1.53. The van der Waals surface area contributed by atoms with Crippen LogP contribution in [0.5, 0.6) is 0 Å². The average Bonchev–Trinajstić information content (AvgIpc) is 3.32. The molecular weight excluding hydrogens is 290 g/mol. The van der Waals surface area contributed by atoms with E-state index in [-0.39, 0.29) is 29.1 Å². The lowest BCUT2D eigenvalue weighted by Crippen LogP contribution is -2.55. The predicted molar refractivity (Wildman–Crippen MR) is 87.9 cm³/mol. The lowest BCUT2D eigenvalue weighted by Gasteiger charge is -2.45. The van der Waals surface area contributed by atoms with E-state index in [9.17, 15) is 14.7 Å². The average molecular weight is 315 g/mol. The third-order valence-electron chi connectivity index (χ3n) is 6.08. The van der Waals surface area contributed by atoms with Gasteiger partial charge in [-0.3, -0.25) is 9.59 Å². The van der Waals surface area contributed by atoms with Crippen molar-refractivity contribution >= 4 is 11.9 Å². The topological polar surface area (TPSA) is 66.4 Å². The summed E-state index contributed by atoms with van der Waals surface area (Å²) in [5.74, 6) is -1.64. The number of carboxylic acids is 1. The van der Waals surface area contributed by atoms with Gasteiger partial charge in [-0.25, -0.2) is 0 Å². The first kappa shape index (κ1) is 16.0. The van der Waals surface area contributed by atoms with Crippen LogP contribution in [0.1, 0.15) is 38.7 Å². The maximum absolute atomic E-state index is 12.4. The highest BCUT2D eigenvalue weighted by molar-refractivity contribution is 5.87. The summed E-state index contributed by atoms with van der Waals surface area (Å²) in [4.78, 5) is 23.7. The molecule has 4 nitrogen and oxygen atoms in total. The molecule has 3 rings (SSSR count). The van der Waals surface area contributed by atoms with Gasteiger partial charge in [-0.15, -0.1) is 0 Å². The molecule has 0 radical (unpaired) electrons. The molecule has 4 heteroatoms. The fourth-order valence-electron chi connectivity index (χ4n) is 4.11. The van der Waals surface area contributed by atoms with Gasteiger partial charge in [-0.2, -0.15) is 0 Å². The number of carboxylic acid groups (broad SMARTS) is 1. The summed E-state index contributed by atoms with van der Waals surface area (Å²) >= 11 is 0. The van der Waals surface area contributed by atoms with Crippen molar-refractivity contribution in [2.45, 2.75) is 38.5 Å². The Morgan fingerprint density at radius 2 is 1.74 bits per heavy atom. The highest BCUT2D eigenvalue weighted by Gasteiger charge is 2.53. The zero-order valence-electron chi connectivity index (χ0n) is 13.8. The molecule has 4 atom stereocenters. The molecule has 23 heavy (non-hydrogen) atoms. The number of hydrogen-bond acceptors (Lipinski definition) is 2. The molecule has 0 aliphatic heterocycles. The van der Waals surface area contributed by atoms with Gasteiger partial charge in [-0.1, -0.05) is 44.2 Å². The Morgan fingerprint density at radius 1 is 1.13 bits per heavy atom. The van der Waals surface area contributed by atoms with Gasteiger partial charge in [-0.05, 0) is 42.1 Å². The van der Waals surface area contributed by atoms with Gasteiger partial charge in [0.05, 0.1) is 11.8 Å². The van der Waals surface area contributed by atoms with E-state index < -0.39 is 11.9 Å². The van der Waals surface area contributed by atoms with Crippen LogP contribution in [0.15, 0.2) is 30.3 Å². The maximum Gasteiger partial charge on any atom is 0.307 e. The number of carbonyl (C=O) groups is 2. The second-order valence-corrected chi connectivity index (χ2v) is 7.30. The molecule has 2 fully saturated rings. The summed E-state index contributed by atoms with van der Waals surface area (Å²) in [6.07, 6.45) is 3.26. The molecule has 0 saturated heterocycles. The van der Waals surface area contributed by atoms with Gasteiger partial charge in [0.1, 0.15) is 0 Å². The number of carbonyl (C=O) groups excluding carboxylic acids is 1. The normalized spacial score (nSPS) is 31.0. The van der Waals surface area contributed by atoms with Crippen LogP contribution in [0.2, 0.25) is 0 Å². The largest absolute Gasteiger partial charge is 0.481 e. The summed E-state index contributed by atoms with van der Waals surface area (Å²) in [7, 11) is 0. The van der Waals surface area contributed by atoms with Crippen LogP contribution in [-0.4, -0.2) is 23.5 Å². The SMILES string of the molecule is CC1C(C)[C@H](C(=O)NCCC2(c3ccccc3)CC2)[C@@H]1C(=O)O. The second-order valence-electron chi connectivity index (χ2n) is 7.30. The second kappa shape index (κ2) is 5.99. The van der Waals surface area contributed by atoms with Crippen molar-refractivity contribution < 1.29 is 14.7 Å². The van der Waals surface area contributed by atoms with Crippen molar-refractivity contribution in [3.8, 4) is 0 Å². The lowest BCUT2D eigenvalue weighted by molar-refractivity contribution is -0.163. The van der Waals surface area contributed by atoms with Gasteiger partial charge in [0, 0.05) is 6.54 Å². The fourth-order valence-corrected chi connectivity index (χ4v) is 4.11. The Hall–Kier alpha value is -1.84. The van der Waals surface area contributed by atoms with E-state index in [2.05, 4.69) is 29.6 Å². The molecule has 0 aromatic heterocycles. The van der Waals surface area contributed by atoms with Gasteiger partial charge in [0.2, 0.25) is 5.91 Å². The highest BCUT2D eigenvalue weighted by Crippen LogP contribution is 2.51. The molecule has 1 amide bonds. The number of aliphatic carboxylic acids is 1. The summed E-state index contributed by atoms with van der Waals surface area (Å²) < 4.78 is 0. The predicted octanol–water partition coefficient (Wildman–Crippen LogP) is 2.83. The first-order valence-corrected chi connectivity index (χ1v) is 8.52. The summed E-state index contributed by atoms with van der Waals surface area (Å²) in [6.45, 7) is 4.51. The third-order valence-corrected chi connectivity index (χ3v) is 6.08. The summed E-state index contributed by atoms with van der Waals surface area (Å²) in [5.41, 5.74) is 1.57. The van der Waals surface area contributed by atoms with Crippen molar-refractivity contribution in [2.75, 3.05) is 6.54 Å². The molecule has 2 saturated carbocycles. The van der Waals surface area contributed by atoms with Gasteiger partial charge in [0.15, 0.2) is 0 Å². The molecular formula is C19H25NO3. The first-order valence-electron chi connectivity index (χ1n) is 8.52. The molecule has 2 aliphatic rings. The monoisotopic (exact) mass is 315 g/mol. The van der Waals surface area contributed by atoms with E-state index in [1.807, 2.05) is 19.9 Å². The Morgan fingerprint density at radius 3 is 2.30 bits per heavy atom. The summed E-state index contributed by atoms with van der Waals surface area (Å²) in [5, 5.41) is 12.3. The van der Waals surface area contributed by atoms with Gasteiger partial charge < -0.3 is 10.4 Å². The smallest absolute Gasteiger partial charge is 0.307 e. The molecule has 0 spiro atoms. The maximum atomic E-state index is 12.4. The molecule has 2 unspecified atom stereocenters. The number of benzene rings is 1. The van der Waals surface area contributed by atoms with E-state index in [0.717, 1.165) is 6.42 Å². The number of nitrogens with one attached hydrogen (secondary N) is 1. The minimum absolute atomic E-state index is 0.0716. The van der Waals surface area contributed by atoms with Crippen molar-refractivity contribution in [1.82, 2.24) is 5.32 Å². The van der Waals surface area contributed by atoms with Crippen LogP contribution in [0, 0.1) is 23.7 Å². The molecule has 2 N–H and O–H groups in total. The van der Waals surface area contributed by atoms with E-state index in [0.29, 0.717) is 6.54 Å². The molecule has 124 valence electrons. The Kier molecular flexibility index (Phi) is 4.17. The standard InChI is InChI=1S/C19H25NO3/c1-12-13(2)16(18(22)23)15(12)17(21)20-11-10-19(8-9-19)14-6-4-3-5-7-14/h3-7,12-13,15-16H,8-11H2,1-2H3,(H,20,21)(H,22,23)/t12?,13?,15-,16+/m0/s1. The van der Waals surface area contributed by atoms with Crippen LogP contribution in [0.3, 0.4) is 0 Å². The minimum Gasteiger partial charge on any atom is -0.481 e. The van der Waals surface area contributed by atoms with Crippen molar-refractivity contribution in [3.05, 3.63) is 35.9 Å². The van der Waals surface area contributed by atoms with Crippen LogP contribution in [-0.2, 0) is 15.0 Å². The quantitative estimate of drug-likeness (QED) is 0.848. The van der Waals surface area contributed by atoms with Crippen molar-refractivity contribution in [2.24, 2.45) is 23.7 Å². The molecule has 0 bridgehead atoms. The fraction of sp³-hybridized carbons (Fsp3) is 0.579. The molecule has 1 aromatic carbocycles. The molecule has 1 aromatic rings. The van der Waals surface area contributed by atoms with Crippen LogP contribution in [0.4, 0.5) is 0 Å². The molecule has 0 heterocycles. The Labute approximate surface area is 137 Å². The van der Waals surface area contributed by atoms with E-state index in [1.165, 1.54) is 18.4 Å². The number of amides is 1. The third kappa shape index (κ3) is 2.87. The summed E-state index contributed by atoms with van der Waals surface area (Å²) in [6, 6.07) is 10.5. The van der Waals surface area contributed by atoms with Crippen LogP contribution >= 0.6 is 0 Å². The molecule has 2 aliphatic carbocycles. The first-order chi connectivity index (χ1) is 11.0. The lowest BCUT2D eigenvalue weighted by atomic mass is 9.57. The Bertz CT molecular complexity index is 594. The minimum atomic E-state index is -0.848. The van der Waals surface area contributed by atoms with E-state index in [1.54, 1.807) is 0 Å². The van der Waals surface area contributed by atoms with E-state index in [4.69, 9.17) is 0 Å². The van der Waals surface area contributed by atoms with Gasteiger partial charge >= 0.3 is 5.97 Å². The van der Waals surface area contributed by atoms with Crippen LogP contribution in [0.25, 0.3) is 0 Å². The zero-order chi connectivity index (χ0) is 16.6. The zero-order valence-corrected chi connectivity index (χ0v) is 13.8. The van der Waals surface area contributed by atoms with Crippen molar-refractivity contribution in [3.63, 3.8) is 0 Å². The highest BCUT2D eigenvalue weighted by atomic mass is 16.4. The van der Waals surface area contributed by atoms with E-state index >= 15 is 0 Å². The van der Waals surface area contributed by atoms with Crippen LogP contribution < -0.4 is 5.32 Å². The van der Waals surface area contributed by atoms with Gasteiger partial charge in [0.25, 0.3) is 0 Å².